The molecule has 1 nitrogen and oxygen atoms in total. The van der Waals surface area contributed by atoms with Crippen LogP contribution in [0.1, 0.15) is 0 Å². The Morgan fingerprint density at radius 1 is 1.00 bits per heavy atom. The topological polar surface area (TPSA) is 12.9 Å². The number of nitrogens with zero attached hydrogens (tertiary/aromatic N) is 1. The maximum absolute atomic E-state index is 13.3. The largest absolute Gasteiger partial charge is 0.219 e. The number of hydrogen-bond acceptors (Lipinski definition) is 1. The molecule has 3 heteroatoms. The van der Waals surface area contributed by atoms with Crippen LogP contribution in [0.25, 0.3) is 21.7 Å². The van der Waals surface area contributed by atoms with Gasteiger partial charge in [0.05, 0.1) is 5.52 Å². The molecule has 0 N–H and O–H groups in total. The van der Waals surface area contributed by atoms with Gasteiger partial charge in [0, 0.05) is 21.3 Å². The van der Waals surface area contributed by atoms with Gasteiger partial charge in [-0.25, -0.2) is 4.98 Å². The van der Waals surface area contributed by atoms with E-state index in [1.54, 1.807) is 0 Å². The Morgan fingerprint density at radius 3 is 2.69 bits per heavy atom. The Balaban J connectivity index is 2.59. The number of fused-ring (bicyclic) bond motifs is 3. The van der Waals surface area contributed by atoms with Gasteiger partial charge in [0.1, 0.15) is 0 Å². The number of benzene rings is 2. The number of pyridine rings is 1. The zero-order chi connectivity index (χ0) is 11.1. The van der Waals surface area contributed by atoms with Gasteiger partial charge in [0.25, 0.3) is 0 Å². The lowest BCUT2D eigenvalue weighted by molar-refractivity contribution is 0.588. The van der Waals surface area contributed by atoms with Crippen molar-refractivity contribution >= 4 is 37.6 Å². The van der Waals surface area contributed by atoms with Crippen LogP contribution in [0.5, 0.6) is 0 Å². The van der Waals surface area contributed by atoms with E-state index >= 15 is 0 Å². The summed E-state index contributed by atoms with van der Waals surface area (Å²) in [5, 5.41) is 2.97. The third-order valence-corrected chi connectivity index (χ3v) is 3.28. The highest BCUT2D eigenvalue weighted by Gasteiger charge is 2.06. The molecule has 0 fully saturated rings. The number of aromatic nitrogens is 1. The summed E-state index contributed by atoms with van der Waals surface area (Å²) in [7, 11) is 0. The summed E-state index contributed by atoms with van der Waals surface area (Å²) in [5.74, 6) is -0.462. The molecule has 0 unspecified atom stereocenters. The fourth-order valence-corrected chi connectivity index (χ4v) is 2.40. The van der Waals surface area contributed by atoms with Gasteiger partial charge in [0.15, 0.2) is 0 Å². The molecule has 0 radical (unpaired) electrons. The summed E-state index contributed by atoms with van der Waals surface area (Å²) in [6.07, 6.45) is 0. The van der Waals surface area contributed by atoms with Crippen LogP contribution in [0.3, 0.4) is 0 Å². The molecule has 0 aliphatic heterocycles. The molecule has 0 atom stereocenters. The second kappa shape index (κ2) is 3.52. The standard InChI is InChI=1S/C13H7BrFN/c14-11-7-12(15)16-13-9-4-2-1-3-8(9)5-6-10(11)13/h1-7H. The first-order valence-electron chi connectivity index (χ1n) is 4.89. The van der Waals surface area contributed by atoms with Crippen LogP contribution in [0.4, 0.5) is 4.39 Å². The molecule has 1 heterocycles. The lowest BCUT2D eigenvalue weighted by atomic mass is 10.1. The SMILES string of the molecule is Fc1cc(Br)c2ccc3ccccc3c2n1. The monoisotopic (exact) mass is 275 g/mol. The highest BCUT2D eigenvalue weighted by atomic mass is 79.9. The molecular formula is C13H7BrFN. The van der Waals surface area contributed by atoms with E-state index in [2.05, 4.69) is 20.9 Å². The Morgan fingerprint density at radius 2 is 1.81 bits per heavy atom. The average Bonchev–Trinajstić information content (AvgIpc) is 2.28. The Labute approximate surface area is 100 Å². The van der Waals surface area contributed by atoms with E-state index in [1.165, 1.54) is 6.07 Å². The number of hydrogen-bond donors (Lipinski definition) is 0. The van der Waals surface area contributed by atoms with Crippen LogP contribution in [-0.4, -0.2) is 4.98 Å². The van der Waals surface area contributed by atoms with Gasteiger partial charge in [0.2, 0.25) is 5.95 Å². The molecule has 0 aliphatic carbocycles. The summed E-state index contributed by atoms with van der Waals surface area (Å²) in [6, 6.07) is 13.2. The molecular weight excluding hydrogens is 269 g/mol. The van der Waals surface area contributed by atoms with Crippen LogP contribution in [0.2, 0.25) is 0 Å². The van der Waals surface area contributed by atoms with Gasteiger partial charge < -0.3 is 0 Å². The fourth-order valence-electron chi connectivity index (χ4n) is 1.89. The summed E-state index contributed by atoms with van der Waals surface area (Å²) in [6.45, 7) is 0. The van der Waals surface area contributed by atoms with Crippen LogP contribution in [0, 0.1) is 5.95 Å². The summed E-state index contributed by atoms with van der Waals surface area (Å²) < 4.78 is 14.0. The third-order valence-electron chi connectivity index (χ3n) is 2.62. The Kier molecular flexibility index (Phi) is 2.14. The summed E-state index contributed by atoms with van der Waals surface area (Å²) in [4.78, 5) is 3.97. The van der Waals surface area contributed by atoms with E-state index in [-0.39, 0.29) is 0 Å². The van der Waals surface area contributed by atoms with Crippen LogP contribution >= 0.6 is 15.9 Å². The Bertz CT molecular complexity index is 694. The normalized spacial score (nSPS) is 11.1. The number of rotatable bonds is 0. The lowest BCUT2D eigenvalue weighted by Gasteiger charge is -2.04. The first-order chi connectivity index (χ1) is 7.75. The zero-order valence-electron chi connectivity index (χ0n) is 8.24. The minimum absolute atomic E-state index is 0.462. The maximum Gasteiger partial charge on any atom is 0.214 e. The molecule has 2 aromatic carbocycles. The number of halogens is 2. The molecule has 78 valence electrons. The van der Waals surface area contributed by atoms with Crippen molar-refractivity contribution in [2.24, 2.45) is 0 Å². The van der Waals surface area contributed by atoms with E-state index in [9.17, 15) is 4.39 Å². The van der Waals surface area contributed by atoms with Crippen molar-refractivity contribution in [3.8, 4) is 0 Å². The van der Waals surface area contributed by atoms with Crippen molar-refractivity contribution in [2.75, 3.05) is 0 Å². The fraction of sp³-hybridized carbons (Fsp3) is 0. The maximum atomic E-state index is 13.3. The zero-order valence-corrected chi connectivity index (χ0v) is 9.83. The first kappa shape index (κ1) is 9.73. The van der Waals surface area contributed by atoms with Gasteiger partial charge in [-0.1, -0.05) is 36.4 Å². The molecule has 0 aliphatic rings. The molecule has 1 aromatic heterocycles. The summed E-state index contributed by atoms with van der Waals surface area (Å²) in [5.41, 5.74) is 0.699. The van der Waals surface area contributed by atoms with Crippen molar-refractivity contribution in [3.63, 3.8) is 0 Å². The quantitative estimate of drug-likeness (QED) is 0.441. The smallest absolute Gasteiger partial charge is 0.214 e. The van der Waals surface area contributed by atoms with Crippen molar-refractivity contribution < 1.29 is 4.39 Å². The van der Waals surface area contributed by atoms with Crippen LogP contribution in [-0.2, 0) is 0 Å². The highest BCUT2D eigenvalue weighted by molar-refractivity contribution is 9.10. The third kappa shape index (κ3) is 1.39. The van der Waals surface area contributed by atoms with E-state index < -0.39 is 5.95 Å². The van der Waals surface area contributed by atoms with Crippen LogP contribution < -0.4 is 0 Å². The molecule has 0 bridgehead atoms. The molecule has 0 saturated heterocycles. The van der Waals surface area contributed by atoms with Gasteiger partial charge in [-0.15, -0.1) is 0 Å². The molecule has 3 aromatic rings. The first-order valence-corrected chi connectivity index (χ1v) is 5.68. The molecule has 0 spiro atoms. The van der Waals surface area contributed by atoms with Gasteiger partial charge in [-0.2, -0.15) is 4.39 Å². The minimum Gasteiger partial charge on any atom is -0.219 e. The molecule has 16 heavy (non-hydrogen) atoms. The lowest BCUT2D eigenvalue weighted by Crippen LogP contribution is -1.87. The van der Waals surface area contributed by atoms with Gasteiger partial charge in [-0.3, -0.25) is 0 Å². The van der Waals surface area contributed by atoms with Gasteiger partial charge in [-0.05, 0) is 21.3 Å². The average molecular weight is 276 g/mol. The summed E-state index contributed by atoms with van der Waals surface area (Å²) >= 11 is 3.35. The van der Waals surface area contributed by atoms with Gasteiger partial charge >= 0.3 is 0 Å². The van der Waals surface area contributed by atoms with E-state index in [1.807, 2.05) is 36.4 Å². The van der Waals surface area contributed by atoms with E-state index in [4.69, 9.17) is 0 Å². The molecule has 3 rings (SSSR count). The van der Waals surface area contributed by atoms with Crippen molar-refractivity contribution in [1.82, 2.24) is 4.98 Å². The predicted octanol–water partition coefficient (Wildman–Crippen LogP) is 4.29. The molecule has 0 amide bonds. The highest BCUT2D eigenvalue weighted by Crippen LogP contribution is 2.29. The van der Waals surface area contributed by atoms with Crippen molar-refractivity contribution in [1.29, 1.82) is 0 Å². The van der Waals surface area contributed by atoms with Crippen molar-refractivity contribution in [3.05, 3.63) is 52.9 Å². The second-order valence-electron chi connectivity index (χ2n) is 3.61. The van der Waals surface area contributed by atoms with E-state index in [0.29, 0.717) is 5.52 Å². The predicted molar refractivity (Wildman–Crippen MR) is 66.9 cm³/mol. The van der Waals surface area contributed by atoms with E-state index in [0.717, 1.165) is 20.6 Å². The van der Waals surface area contributed by atoms with Crippen LogP contribution in [0.15, 0.2) is 46.9 Å². The van der Waals surface area contributed by atoms with Crippen molar-refractivity contribution in [2.45, 2.75) is 0 Å². The minimum atomic E-state index is -0.462. The second-order valence-corrected chi connectivity index (χ2v) is 4.46. The molecule has 0 saturated carbocycles. The Hall–Kier alpha value is -1.48.